The van der Waals surface area contributed by atoms with E-state index in [-0.39, 0.29) is 0 Å². The molecular formula is C69H42N2O2. The molecule has 2 aromatic heterocycles. The van der Waals surface area contributed by atoms with E-state index in [2.05, 4.69) is 252 Å². The number of fused-ring (bicyclic) bond motifs is 20. The first-order valence-electron chi connectivity index (χ1n) is 25.1. The van der Waals surface area contributed by atoms with Gasteiger partial charge in [-0.1, -0.05) is 170 Å². The van der Waals surface area contributed by atoms with Gasteiger partial charge < -0.3 is 18.6 Å². The van der Waals surface area contributed by atoms with Gasteiger partial charge in [-0.05, 0) is 128 Å². The molecule has 16 rings (SSSR count). The van der Waals surface area contributed by atoms with Crippen LogP contribution in [0.3, 0.4) is 0 Å². The van der Waals surface area contributed by atoms with Crippen LogP contribution < -0.4 is 9.80 Å². The van der Waals surface area contributed by atoms with Gasteiger partial charge in [0, 0.05) is 67.2 Å². The summed E-state index contributed by atoms with van der Waals surface area (Å²) in [6, 6.07) is 93.1. The van der Waals surface area contributed by atoms with Crippen LogP contribution in [0.25, 0.3) is 87.7 Å². The molecule has 2 heterocycles. The van der Waals surface area contributed by atoms with E-state index in [1.807, 2.05) is 12.1 Å². The molecule has 0 saturated heterocycles. The molecule has 4 heteroatoms. The van der Waals surface area contributed by atoms with Gasteiger partial charge in [0.25, 0.3) is 0 Å². The maximum Gasteiger partial charge on any atom is 0.137 e. The number of furan rings is 2. The van der Waals surface area contributed by atoms with Gasteiger partial charge in [0.1, 0.15) is 22.3 Å². The third kappa shape index (κ3) is 5.55. The number of rotatable bonds is 6. The largest absolute Gasteiger partial charge is 0.456 e. The molecule has 2 aliphatic rings. The Bertz CT molecular complexity index is 4290. The lowest BCUT2D eigenvalue weighted by molar-refractivity contribution is 0.668. The normalized spacial score (nSPS) is 13.0. The molecule has 0 N–H and O–H groups in total. The molecule has 0 amide bonds. The standard InChI is InChI=1S/C69H42N2O2/c1-3-19-43(20-4-1)70(45-35-37-53-51-27-13-17-33-63(51)72-65(53)39-45)61-41-59-67(55-29-9-7-25-49(55)61)68-56-30-10-8-26-50(56)62(42-60(68)69(59)57-31-15-11-23-47(57)48-24-12-16-32-58(48)69)71(44-21-5-2-6-22-44)46-36-38-54-52-28-14-18-34-64(52)73-66(54)40-46/h1-42H. The van der Waals surface area contributed by atoms with E-state index in [1.54, 1.807) is 0 Å². The average molecular weight is 931 g/mol. The number of hydrogen-bond donors (Lipinski definition) is 0. The van der Waals surface area contributed by atoms with E-state index < -0.39 is 5.41 Å². The number of para-hydroxylation sites is 4. The van der Waals surface area contributed by atoms with E-state index in [1.165, 1.54) is 55.3 Å². The summed E-state index contributed by atoms with van der Waals surface area (Å²) < 4.78 is 13.2. The van der Waals surface area contributed by atoms with Crippen LogP contribution in [0.1, 0.15) is 22.3 Å². The highest BCUT2D eigenvalue weighted by Crippen LogP contribution is 2.67. The summed E-state index contributed by atoms with van der Waals surface area (Å²) in [5, 5.41) is 9.16. The number of nitrogens with zero attached hydrogens (tertiary/aromatic N) is 2. The van der Waals surface area contributed by atoms with Crippen molar-refractivity contribution in [2.75, 3.05) is 9.80 Å². The second-order valence-corrected chi connectivity index (χ2v) is 19.5. The van der Waals surface area contributed by atoms with Crippen molar-refractivity contribution in [3.8, 4) is 22.3 Å². The second-order valence-electron chi connectivity index (χ2n) is 19.5. The van der Waals surface area contributed by atoms with Crippen molar-refractivity contribution in [1.82, 2.24) is 0 Å². The van der Waals surface area contributed by atoms with Crippen molar-refractivity contribution in [2.45, 2.75) is 5.41 Å². The van der Waals surface area contributed by atoms with Gasteiger partial charge in [-0.15, -0.1) is 0 Å². The van der Waals surface area contributed by atoms with Crippen molar-refractivity contribution >= 4 is 99.5 Å². The third-order valence-electron chi connectivity index (χ3n) is 15.8. The van der Waals surface area contributed by atoms with Crippen molar-refractivity contribution < 1.29 is 8.83 Å². The summed E-state index contributed by atoms with van der Waals surface area (Å²) >= 11 is 0. The lowest BCUT2D eigenvalue weighted by Crippen LogP contribution is -2.26. The molecule has 340 valence electrons. The summed E-state index contributed by atoms with van der Waals surface area (Å²) in [6.07, 6.45) is 0. The molecule has 0 saturated carbocycles. The monoisotopic (exact) mass is 930 g/mol. The molecule has 1 spiro atoms. The zero-order valence-corrected chi connectivity index (χ0v) is 39.5. The van der Waals surface area contributed by atoms with Crippen LogP contribution in [0.2, 0.25) is 0 Å². The highest BCUT2D eigenvalue weighted by Gasteiger charge is 2.53. The zero-order valence-electron chi connectivity index (χ0n) is 39.5. The Morgan fingerprint density at radius 3 is 1.05 bits per heavy atom. The van der Waals surface area contributed by atoms with Crippen molar-refractivity contribution in [3.05, 3.63) is 277 Å². The van der Waals surface area contributed by atoms with Crippen LogP contribution in [0, 0.1) is 0 Å². The maximum atomic E-state index is 6.61. The molecule has 4 nitrogen and oxygen atoms in total. The van der Waals surface area contributed by atoms with E-state index >= 15 is 0 Å². The van der Waals surface area contributed by atoms with E-state index in [9.17, 15) is 0 Å². The van der Waals surface area contributed by atoms with Gasteiger partial charge >= 0.3 is 0 Å². The van der Waals surface area contributed by atoms with Crippen molar-refractivity contribution in [3.63, 3.8) is 0 Å². The molecule has 0 fully saturated rings. The Hall–Kier alpha value is -9.64. The SMILES string of the molecule is c1ccc(N(c2ccc3c(c2)oc2ccccc23)c2cc3c(c4ccccc24)-c2c(cc(N(c4ccccc4)c4ccc5c(c4)oc4ccccc45)c4ccccc24)C32c3ccccc3-c3ccccc32)cc1. The minimum atomic E-state index is -0.703. The first-order chi connectivity index (χ1) is 36.2. The van der Waals surface area contributed by atoms with Crippen LogP contribution in [0.4, 0.5) is 34.1 Å². The molecule has 12 aromatic carbocycles. The van der Waals surface area contributed by atoms with Gasteiger partial charge in [0.05, 0.1) is 16.8 Å². The van der Waals surface area contributed by atoms with Crippen LogP contribution in [-0.2, 0) is 5.41 Å². The van der Waals surface area contributed by atoms with Crippen molar-refractivity contribution in [1.29, 1.82) is 0 Å². The quantitative estimate of drug-likeness (QED) is 0.166. The lowest BCUT2D eigenvalue weighted by Gasteiger charge is -2.34. The Labute approximate surface area is 420 Å². The van der Waals surface area contributed by atoms with E-state index in [0.717, 1.165) is 88.8 Å². The molecule has 14 aromatic rings. The highest BCUT2D eigenvalue weighted by molar-refractivity contribution is 6.20. The summed E-state index contributed by atoms with van der Waals surface area (Å²) in [5.41, 5.74) is 19.3. The minimum absolute atomic E-state index is 0.703. The minimum Gasteiger partial charge on any atom is -0.456 e. The summed E-state index contributed by atoms with van der Waals surface area (Å²) in [6.45, 7) is 0. The fraction of sp³-hybridized carbons (Fsp3) is 0.0145. The predicted octanol–water partition coefficient (Wildman–Crippen LogP) is 19.1. The summed E-state index contributed by atoms with van der Waals surface area (Å²) in [7, 11) is 0. The van der Waals surface area contributed by atoms with E-state index in [0.29, 0.717) is 0 Å². The number of hydrogen-bond acceptors (Lipinski definition) is 4. The number of benzene rings is 12. The van der Waals surface area contributed by atoms with Gasteiger partial charge in [0.15, 0.2) is 0 Å². The fourth-order valence-electron chi connectivity index (χ4n) is 12.9. The summed E-state index contributed by atoms with van der Waals surface area (Å²) in [5.74, 6) is 0. The van der Waals surface area contributed by atoms with Gasteiger partial charge in [-0.25, -0.2) is 0 Å². The van der Waals surface area contributed by atoms with Gasteiger partial charge in [-0.2, -0.15) is 0 Å². The average Bonchev–Trinajstić information content (AvgIpc) is 4.22. The van der Waals surface area contributed by atoms with Crippen LogP contribution in [-0.4, -0.2) is 0 Å². The van der Waals surface area contributed by atoms with E-state index in [4.69, 9.17) is 8.83 Å². The molecule has 0 atom stereocenters. The predicted molar refractivity (Wildman–Crippen MR) is 302 cm³/mol. The number of anilines is 6. The Kier molecular flexibility index (Phi) is 8.35. The Morgan fingerprint density at radius 1 is 0.247 bits per heavy atom. The lowest BCUT2D eigenvalue weighted by atomic mass is 9.70. The molecule has 0 aliphatic heterocycles. The molecule has 73 heavy (non-hydrogen) atoms. The zero-order chi connectivity index (χ0) is 47.8. The van der Waals surface area contributed by atoms with Crippen LogP contribution in [0.15, 0.2) is 264 Å². The van der Waals surface area contributed by atoms with Crippen LogP contribution in [0.5, 0.6) is 0 Å². The second kappa shape index (κ2) is 15.2. The molecular weight excluding hydrogens is 889 g/mol. The fourth-order valence-corrected chi connectivity index (χ4v) is 12.9. The van der Waals surface area contributed by atoms with Crippen molar-refractivity contribution in [2.24, 2.45) is 0 Å². The molecule has 0 unspecified atom stereocenters. The Balaban J connectivity index is 1.03. The van der Waals surface area contributed by atoms with Gasteiger partial charge in [0.2, 0.25) is 0 Å². The highest BCUT2D eigenvalue weighted by atomic mass is 16.3. The Morgan fingerprint density at radius 2 is 0.603 bits per heavy atom. The van der Waals surface area contributed by atoms with Crippen LogP contribution >= 0.6 is 0 Å². The molecule has 2 aliphatic carbocycles. The van der Waals surface area contributed by atoms with Gasteiger partial charge in [-0.3, -0.25) is 0 Å². The topological polar surface area (TPSA) is 32.8 Å². The first kappa shape index (κ1) is 40.1. The first-order valence-corrected chi connectivity index (χ1v) is 25.1. The third-order valence-corrected chi connectivity index (χ3v) is 15.8. The molecule has 0 bridgehead atoms. The summed E-state index contributed by atoms with van der Waals surface area (Å²) in [4.78, 5) is 4.88. The maximum absolute atomic E-state index is 6.61. The molecule has 0 radical (unpaired) electrons. The smallest absolute Gasteiger partial charge is 0.137 e.